The van der Waals surface area contributed by atoms with E-state index in [1.807, 2.05) is 0 Å². The molecular formula is C12H12N4O2S. The maximum absolute atomic E-state index is 11.4. The maximum atomic E-state index is 11.4. The van der Waals surface area contributed by atoms with Crippen LogP contribution in [0.3, 0.4) is 0 Å². The number of hydrogen-bond donors (Lipinski definition) is 3. The van der Waals surface area contributed by atoms with Crippen molar-refractivity contribution in [3.63, 3.8) is 0 Å². The van der Waals surface area contributed by atoms with Gasteiger partial charge in [-0.3, -0.25) is 9.59 Å². The van der Waals surface area contributed by atoms with Crippen molar-refractivity contribution in [3.05, 3.63) is 40.2 Å². The number of nitrogens with two attached hydrogens (primary N) is 2. The highest BCUT2D eigenvalue weighted by atomic mass is 32.2. The van der Waals surface area contributed by atoms with Crippen LogP contribution in [0.5, 0.6) is 0 Å². The Kier molecular flexibility index (Phi) is 3.57. The molecule has 0 aliphatic rings. The predicted octanol–water partition coefficient (Wildman–Crippen LogP) is 1.29. The first kappa shape index (κ1) is 13.2. The van der Waals surface area contributed by atoms with Crippen molar-refractivity contribution in [3.8, 4) is 0 Å². The monoisotopic (exact) mass is 276 g/mol. The van der Waals surface area contributed by atoms with Crippen LogP contribution in [0.1, 0.15) is 17.3 Å². The molecule has 6 nitrogen and oxygen atoms in total. The molecule has 0 spiro atoms. The second kappa shape index (κ2) is 5.15. The van der Waals surface area contributed by atoms with E-state index in [9.17, 15) is 9.59 Å². The molecule has 98 valence electrons. The van der Waals surface area contributed by atoms with Gasteiger partial charge in [-0.2, -0.15) is 0 Å². The van der Waals surface area contributed by atoms with Crippen molar-refractivity contribution >= 4 is 29.1 Å². The minimum Gasteiger partial charge on any atom is -0.398 e. The van der Waals surface area contributed by atoms with Crippen molar-refractivity contribution < 1.29 is 4.79 Å². The maximum Gasteiger partial charge on any atom is 0.253 e. The molecule has 5 N–H and O–H groups in total. The number of hydrogen-bond acceptors (Lipinski definition) is 6. The zero-order valence-corrected chi connectivity index (χ0v) is 11.0. The average molecular weight is 276 g/mol. The van der Waals surface area contributed by atoms with E-state index in [2.05, 4.69) is 9.97 Å². The van der Waals surface area contributed by atoms with E-state index >= 15 is 0 Å². The smallest absolute Gasteiger partial charge is 0.253 e. The summed E-state index contributed by atoms with van der Waals surface area (Å²) in [4.78, 5) is 30.0. The lowest BCUT2D eigenvalue weighted by molar-refractivity contribution is 0.101. The van der Waals surface area contributed by atoms with Crippen LogP contribution in [0.2, 0.25) is 0 Å². The lowest BCUT2D eigenvalue weighted by Gasteiger charge is -2.05. The fraction of sp³-hybridized carbons (Fsp3) is 0.0833. The lowest BCUT2D eigenvalue weighted by atomic mass is 10.1. The molecule has 0 atom stereocenters. The topological polar surface area (TPSA) is 115 Å². The van der Waals surface area contributed by atoms with Gasteiger partial charge < -0.3 is 16.5 Å². The van der Waals surface area contributed by atoms with E-state index in [1.54, 1.807) is 18.2 Å². The molecule has 0 aliphatic heterocycles. The highest BCUT2D eigenvalue weighted by molar-refractivity contribution is 7.99. The van der Waals surface area contributed by atoms with E-state index < -0.39 is 0 Å². The third-order valence-corrected chi connectivity index (χ3v) is 3.23. The van der Waals surface area contributed by atoms with E-state index in [1.165, 1.54) is 24.8 Å². The molecule has 0 saturated heterocycles. The number of nitrogens with zero attached hydrogens (tertiary/aromatic N) is 1. The second-order valence-corrected chi connectivity index (χ2v) is 4.94. The quantitative estimate of drug-likeness (QED) is 0.442. The molecule has 1 aromatic carbocycles. The summed E-state index contributed by atoms with van der Waals surface area (Å²) in [5.41, 5.74) is 11.7. The summed E-state index contributed by atoms with van der Waals surface area (Å²) in [5, 5.41) is 0.365. The number of rotatable bonds is 3. The number of anilines is 2. The largest absolute Gasteiger partial charge is 0.398 e. The van der Waals surface area contributed by atoms with Crippen molar-refractivity contribution in [1.82, 2.24) is 9.97 Å². The van der Waals surface area contributed by atoms with Crippen LogP contribution >= 0.6 is 11.8 Å². The molecule has 1 aromatic heterocycles. The number of nitrogens with one attached hydrogen (secondary N) is 1. The van der Waals surface area contributed by atoms with Gasteiger partial charge in [-0.15, -0.1) is 0 Å². The van der Waals surface area contributed by atoms with Crippen LogP contribution < -0.4 is 17.0 Å². The minimum absolute atomic E-state index is 0.117. The first-order chi connectivity index (χ1) is 8.95. The number of Topliss-reactive ketones (excluding diaryl/α,β-unsaturated/α-hetero) is 1. The number of benzene rings is 1. The Bertz CT molecular complexity index is 696. The molecule has 2 rings (SSSR count). The number of carbonyl (C=O) groups excluding carboxylic acids is 1. The third kappa shape index (κ3) is 3.14. The van der Waals surface area contributed by atoms with Crippen molar-refractivity contribution in [2.24, 2.45) is 0 Å². The van der Waals surface area contributed by atoms with Crippen molar-refractivity contribution in [2.75, 3.05) is 11.5 Å². The Morgan fingerprint density at radius 1 is 1.32 bits per heavy atom. The molecule has 0 aliphatic carbocycles. The van der Waals surface area contributed by atoms with Gasteiger partial charge in [-0.25, -0.2) is 4.98 Å². The molecule has 19 heavy (non-hydrogen) atoms. The summed E-state index contributed by atoms with van der Waals surface area (Å²) in [6.07, 6.45) is 0. The van der Waals surface area contributed by atoms with Crippen molar-refractivity contribution in [2.45, 2.75) is 17.0 Å². The average Bonchev–Trinajstić information content (AvgIpc) is 2.30. The number of H-pyrrole nitrogens is 1. The van der Waals surface area contributed by atoms with Crippen molar-refractivity contribution in [1.29, 1.82) is 0 Å². The Morgan fingerprint density at radius 3 is 2.68 bits per heavy atom. The minimum atomic E-state index is -0.322. The molecule has 0 saturated carbocycles. The van der Waals surface area contributed by atoms with Gasteiger partial charge in [-0.1, -0.05) is 11.8 Å². The van der Waals surface area contributed by atoms with E-state index in [0.717, 1.165) is 4.90 Å². The predicted molar refractivity (Wildman–Crippen MR) is 74.3 cm³/mol. The van der Waals surface area contributed by atoms with E-state index in [0.29, 0.717) is 16.4 Å². The van der Waals surface area contributed by atoms with Crippen LogP contribution in [0.4, 0.5) is 11.5 Å². The summed E-state index contributed by atoms with van der Waals surface area (Å²) < 4.78 is 0. The number of aromatic nitrogens is 2. The van der Waals surface area contributed by atoms with Crippen LogP contribution in [-0.2, 0) is 0 Å². The Morgan fingerprint density at radius 2 is 2.05 bits per heavy atom. The summed E-state index contributed by atoms with van der Waals surface area (Å²) in [6, 6.07) is 6.25. The van der Waals surface area contributed by atoms with Gasteiger partial charge in [0.2, 0.25) is 0 Å². The second-order valence-electron chi connectivity index (χ2n) is 3.88. The molecule has 7 heteroatoms. The summed E-state index contributed by atoms with van der Waals surface area (Å²) in [6.45, 7) is 1.45. The van der Waals surface area contributed by atoms with Gasteiger partial charge in [0.1, 0.15) is 5.82 Å². The first-order valence-electron chi connectivity index (χ1n) is 5.41. The van der Waals surface area contributed by atoms with Gasteiger partial charge >= 0.3 is 0 Å². The lowest BCUT2D eigenvalue weighted by Crippen LogP contribution is -2.09. The Balaban J connectivity index is 2.36. The molecule has 0 amide bonds. The molecule has 0 radical (unpaired) electrons. The van der Waals surface area contributed by atoms with Crippen LogP contribution in [0.25, 0.3) is 0 Å². The third-order valence-electron chi connectivity index (χ3n) is 2.36. The number of carbonyl (C=O) groups is 1. The number of aromatic amines is 1. The van der Waals surface area contributed by atoms with Gasteiger partial charge in [-0.05, 0) is 25.1 Å². The fourth-order valence-corrected chi connectivity index (χ4v) is 2.36. The van der Waals surface area contributed by atoms with Crippen LogP contribution in [0, 0.1) is 0 Å². The molecule has 1 heterocycles. The zero-order valence-electron chi connectivity index (χ0n) is 10.1. The highest BCUT2D eigenvalue weighted by Gasteiger charge is 2.08. The number of ketones is 1. The summed E-state index contributed by atoms with van der Waals surface area (Å²) in [7, 11) is 0. The Hall–Kier alpha value is -2.28. The van der Waals surface area contributed by atoms with Gasteiger partial charge in [0.25, 0.3) is 5.56 Å². The summed E-state index contributed by atoms with van der Waals surface area (Å²) in [5.74, 6) is 0.0301. The normalized spacial score (nSPS) is 10.4. The molecular weight excluding hydrogens is 264 g/mol. The SMILES string of the molecule is CC(=O)c1cc(Sc2nc(N)cc(=O)[nH]2)ccc1N. The van der Waals surface area contributed by atoms with E-state index in [-0.39, 0.29) is 17.2 Å². The molecule has 0 bridgehead atoms. The summed E-state index contributed by atoms with van der Waals surface area (Å²) >= 11 is 1.20. The number of nitrogen functional groups attached to an aromatic ring is 2. The first-order valence-corrected chi connectivity index (χ1v) is 6.22. The van der Waals surface area contributed by atoms with Gasteiger partial charge in [0, 0.05) is 22.2 Å². The molecule has 2 aromatic rings. The van der Waals surface area contributed by atoms with Gasteiger partial charge in [0.05, 0.1) is 0 Å². The standard InChI is InChI=1S/C12H12N4O2S/c1-6(17)8-4-7(2-3-9(8)13)19-12-15-10(14)5-11(18)16-12/h2-5H,13H2,1H3,(H3,14,15,16,18). The highest BCUT2D eigenvalue weighted by Crippen LogP contribution is 2.27. The Labute approximate surface area is 113 Å². The molecule has 0 fully saturated rings. The van der Waals surface area contributed by atoms with Crippen LogP contribution in [0.15, 0.2) is 39.1 Å². The fourth-order valence-electron chi connectivity index (χ4n) is 1.52. The van der Waals surface area contributed by atoms with Crippen LogP contribution in [-0.4, -0.2) is 15.8 Å². The van der Waals surface area contributed by atoms with E-state index in [4.69, 9.17) is 11.5 Å². The zero-order chi connectivity index (χ0) is 14.0. The molecule has 0 unspecified atom stereocenters. The van der Waals surface area contributed by atoms with Gasteiger partial charge in [0.15, 0.2) is 10.9 Å².